The summed E-state index contributed by atoms with van der Waals surface area (Å²) in [6.07, 6.45) is 33.5. The van der Waals surface area contributed by atoms with Crippen molar-refractivity contribution in [3.8, 4) is 82.2 Å². The summed E-state index contributed by atoms with van der Waals surface area (Å²) >= 11 is 12.2. The van der Waals surface area contributed by atoms with E-state index in [1.54, 1.807) is 97.3 Å². The number of rotatable bonds is 21. The van der Waals surface area contributed by atoms with Gasteiger partial charge in [0.2, 0.25) is 0 Å². The van der Waals surface area contributed by atoms with Crippen LogP contribution in [0.5, 0.6) is 57.5 Å². The van der Waals surface area contributed by atoms with Gasteiger partial charge >= 0.3 is 0 Å². The molecule has 0 spiro atoms. The number of hydrogen-bond acceptors (Lipinski definition) is 21. The van der Waals surface area contributed by atoms with Gasteiger partial charge in [0.25, 0.3) is 35.5 Å². The molecule has 125 heavy (non-hydrogen) atoms. The maximum atomic E-state index is 13.8. The first-order valence-corrected chi connectivity index (χ1v) is 37.1. The molecule has 0 aliphatic carbocycles. The van der Waals surface area contributed by atoms with E-state index in [0.717, 1.165) is 55.0 Å². The van der Waals surface area contributed by atoms with E-state index in [2.05, 4.69) is 93.2 Å². The number of benzene rings is 9. The Balaban J connectivity index is 0.000000152. The molecule has 0 unspecified atom stereocenters. The SMILES string of the molecule is C#Cc1cc(F)cc(C(=O)Nc2cc(F)cc(Oc3cncnc3)c2)c1.C#Cc1cccc(C(=O)Nc2cc(Cl)cc(Oc3cncnc3)c2)c1.CC(F)(F)c1cccc(C(=O)Nc2cc(F)cc(Oc3cncnc3)c2)c1.Cc1cccc(C(=O)Nc2cc(Cl)cc(Oc3cncnc3)c2)c1.O=C(Nc1cc(F)cc(Oc2cncnc2)c1)c1ccccn1. The van der Waals surface area contributed by atoms with Gasteiger partial charge in [-0.15, -0.1) is 12.8 Å². The van der Waals surface area contributed by atoms with Crippen LogP contribution >= 0.6 is 23.2 Å². The number of carbonyl (C=O) groups excluding carboxylic acids is 5. The average Bonchev–Trinajstić information content (AvgIpc) is 0.844. The Bertz CT molecular complexity index is 6390. The van der Waals surface area contributed by atoms with Gasteiger partial charge in [-0.25, -0.2) is 76.2 Å². The largest absolute Gasteiger partial charge is 0.454 e. The summed E-state index contributed by atoms with van der Waals surface area (Å²) in [5, 5.41) is 14.0. The molecule has 0 fully saturated rings. The van der Waals surface area contributed by atoms with Crippen molar-refractivity contribution in [2.24, 2.45) is 0 Å². The average molecular weight is 1720 g/mol. The number of halogens is 8. The highest BCUT2D eigenvalue weighted by Gasteiger charge is 2.26. The van der Waals surface area contributed by atoms with Crippen LogP contribution in [0, 0.1) is 54.9 Å². The van der Waals surface area contributed by atoms with Crippen molar-refractivity contribution in [1.82, 2.24) is 54.8 Å². The second-order valence-electron chi connectivity index (χ2n) is 25.7. The minimum atomic E-state index is -3.08. The maximum Gasteiger partial charge on any atom is 0.274 e. The van der Waals surface area contributed by atoms with Gasteiger partial charge in [0.1, 0.15) is 89.3 Å². The highest BCUT2D eigenvalue weighted by atomic mass is 35.5. The fourth-order valence-electron chi connectivity index (χ4n) is 10.6. The maximum absolute atomic E-state index is 13.8. The zero-order valence-corrected chi connectivity index (χ0v) is 66.5. The van der Waals surface area contributed by atoms with E-state index in [1.807, 2.05) is 25.1 Å². The van der Waals surface area contributed by atoms with Crippen LogP contribution in [0.25, 0.3) is 0 Å². The van der Waals surface area contributed by atoms with Crippen molar-refractivity contribution in [3.63, 3.8) is 0 Å². The molecule has 5 N–H and O–H groups in total. The van der Waals surface area contributed by atoms with Gasteiger partial charge in [-0.1, -0.05) is 77.0 Å². The van der Waals surface area contributed by atoms with E-state index in [-0.39, 0.29) is 74.1 Å². The van der Waals surface area contributed by atoms with Crippen LogP contribution in [0.15, 0.2) is 300 Å². The molecule has 0 atom stereocenters. The zero-order valence-electron chi connectivity index (χ0n) is 65.0. The normalized spacial score (nSPS) is 10.3. The van der Waals surface area contributed by atoms with Crippen molar-refractivity contribution in [2.45, 2.75) is 19.8 Å². The molecule has 622 valence electrons. The summed E-state index contributed by atoms with van der Waals surface area (Å²) in [6, 6.07) is 48.7. The fourth-order valence-corrected chi connectivity index (χ4v) is 11.1. The van der Waals surface area contributed by atoms with Crippen molar-refractivity contribution >= 4 is 81.2 Å². The Kier molecular flexibility index (Phi) is 31.1. The highest BCUT2D eigenvalue weighted by Crippen LogP contribution is 2.34. The highest BCUT2D eigenvalue weighted by molar-refractivity contribution is 6.31. The number of aryl methyl sites for hydroxylation is 1. The number of ether oxygens (including phenoxy) is 5. The molecule has 34 heteroatoms. The van der Waals surface area contributed by atoms with Crippen molar-refractivity contribution in [2.75, 3.05) is 26.6 Å². The fraction of sp³-hybridized carbons (Fsp3) is 0.0330. The zero-order chi connectivity index (χ0) is 88.6. The van der Waals surface area contributed by atoms with Gasteiger partial charge in [0.15, 0.2) is 28.7 Å². The molecule has 15 aromatic rings. The summed E-state index contributed by atoms with van der Waals surface area (Å²) in [7, 11) is 0. The predicted molar refractivity (Wildman–Crippen MR) is 453 cm³/mol. The van der Waals surface area contributed by atoms with Crippen LogP contribution in [-0.2, 0) is 5.92 Å². The third-order valence-corrected chi connectivity index (χ3v) is 16.4. The molecule has 0 saturated carbocycles. The number of nitrogens with zero attached hydrogens (tertiary/aromatic N) is 11. The minimum absolute atomic E-state index is 0.0149. The van der Waals surface area contributed by atoms with E-state index >= 15 is 0 Å². The molecule has 6 aromatic heterocycles. The Morgan fingerprint density at radius 1 is 0.336 bits per heavy atom. The number of amides is 5. The molecule has 0 radical (unpaired) electrons. The minimum Gasteiger partial charge on any atom is -0.454 e. The quantitative estimate of drug-likeness (QED) is 0.0329. The molecular weight excluding hydrogens is 1660 g/mol. The second kappa shape index (κ2) is 43.7. The van der Waals surface area contributed by atoms with E-state index in [1.165, 1.54) is 142 Å². The monoisotopic (exact) mass is 1720 g/mol. The van der Waals surface area contributed by atoms with Gasteiger partial charge < -0.3 is 50.3 Å². The van der Waals surface area contributed by atoms with Crippen LogP contribution in [-0.4, -0.2) is 84.4 Å². The van der Waals surface area contributed by atoms with Crippen LogP contribution < -0.4 is 50.3 Å². The number of alkyl halides is 2. The second-order valence-corrected chi connectivity index (χ2v) is 26.6. The van der Waals surface area contributed by atoms with Crippen molar-refractivity contribution < 1.29 is 74.0 Å². The standard InChI is InChI=1S/C19H12ClN3O2.C19H14F3N3O2.C19H11F2N3O2.C18H14ClN3O2.C16H11FN4O2/c1-2-13-4-3-5-14(6-13)19(24)23-16-7-15(20)8-17(9-16)25-18-10-21-12-22-11-18;1-19(21,22)13-4-2-3-12(5-13)18(26)25-15-6-14(20)7-16(8-15)27-17-9-23-11-24-10-17;1-2-12-3-13(5-14(20)4-12)19(25)24-16-6-15(21)7-17(8-16)26-18-9-22-11-23-10-18;1-12-3-2-4-13(5-12)18(23)22-15-6-14(19)7-16(8-15)24-17-9-20-11-21-10-17;17-11-5-12(21-16(22)15-3-1-2-4-20-15)7-13(6-11)23-14-8-18-10-19-9-14/h1,3-12H,(H,23,24);2-11H,1H3,(H,25,26);1,3-11H,(H,24,25);2-11H,1H3,(H,22,23);1-10H,(H,21,22). The Labute approximate surface area is 718 Å². The number of carbonyl (C=O) groups is 5. The van der Waals surface area contributed by atoms with Crippen molar-refractivity contribution in [1.29, 1.82) is 0 Å². The van der Waals surface area contributed by atoms with Crippen LogP contribution in [0.3, 0.4) is 0 Å². The van der Waals surface area contributed by atoms with Gasteiger partial charge in [-0.2, -0.15) is 0 Å². The molecule has 6 heterocycles. The molecule has 0 bridgehead atoms. The van der Waals surface area contributed by atoms with E-state index in [4.69, 9.17) is 59.7 Å². The lowest BCUT2D eigenvalue weighted by molar-refractivity contribution is 0.0174. The number of aromatic nitrogens is 11. The summed E-state index contributed by atoms with van der Waals surface area (Å²) < 4.78 is 109. The lowest BCUT2D eigenvalue weighted by atomic mass is 10.1. The molecule has 0 saturated heterocycles. The summed E-state index contributed by atoms with van der Waals surface area (Å²) in [5.74, 6) is 0.297. The molecule has 9 aromatic carbocycles. The lowest BCUT2D eigenvalue weighted by Crippen LogP contribution is -2.14. The molecule has 0 aliphatic heterocycles. The summed E-state index contributed by atoms with van der Waals surface area (Å²) in [4.78, 5) is 104. The van der Waals surface area contributed by atoms with Crippen LogP contribution in [0.1, 0.15) is 81.1 Å². The topological polar surface area (TPSA) is 333 Å². The molecule has 5 amide bonds. The van der Waals surface area contributed by atoms with Gasteiger partial charge in [0.05, 0.1) is 62.0 Å². The first-order valence-electron chi connectivity index (χ1n) is 36.3. The number of anilines is 5. The van der Waals surface area contributed by atoms with E-state index in [0.29, 0.717) is 78.4 Å². The first kappa shape index (κ1) is 89.0. The number of terminal acetylenes is 2. The smallest absolute Gasteiger partial charge is 0.274 e. The Morgan fingerprint density at radius 3 is 1.03 bits per heavy atom. The van der Waals surface area contributed by atoms with Gasteiger partial charge in [0, 0.05) is 139 Å². The van der Waals surface area contributed by atoms with Crippen LogP contribution in [0.4, 0.5) is 54.8 Å². The molecule has 0 aliphatic rings. The first-order chi connectivity index (χ1) is 60.3. The van der Waals surface area contributed by atoms with E-state index < -0.39 is 46.9 Å². The predicted octanol–water partition coefficient (Wildman–Crippen LogP) is 20.2. The lowest BCUT2D eigenvalue weighted by Gasteiger charge is -2.12. The number of hydrogen-bond donors (Lipinski definition) is 5. The van der Waals surface area contributed by atoms with Crippen LogP contribution in [0.2, 0.25) is 10.0 Å². The summed E-state index contributed by atoms with van der Waals surface area (Å²) in [5.41, 5.74) is 4.42. The number of pyridine rings is 1. The molecule has 26 nitrogen and oxygen atoms in total. The van der Waals surface area contributed by atoms with Crippen molar-refractivity contribution in [3.05, 3.63) is 384 Å². The molecular formula is C91H62Cl2F6N16O10. The Morgan fingerprint density at radius 2 is 0.664 bits per heavy atom. The molecule has 15 rings (SSSR count). The third kappa shape index (κ3) is 28.7. The number of nitrogens with one attached hydrogen (secondary N) is 5. The Hall–Kier alpha value is -16.8. The third-order valence-electron chi connectivity index (χ3n) is 15.9. The van der Waals surface area contributed by atoms with Gasteiger partial charge in [-0.05, 0) is 122 Å². The van der Waals surface area contributed by atoms with E-state index in [9.17, 15) is 50.3 Å². The van der Waals surface area contributed by atoms with Gasteiger partial charge in [-0.3, -0.25) is 29.0 Å². The summed E-state index contributed by atoms with van der Waals surface area (Å²) in [6.45, 7) is 2.68.